The van der Waals surface area contributed by atoms with E-state index in [9.17, 15) is 19.5 Å². The standard InChI is InChI=1S/C17H14Cl2N2O4S/c18-11(19)7-10-8-26-16-13(15(23)21(16)14(10)17(24)25)20-12(22)6-9-4-2-1-3-5-9/h1-5,7,13,16H,6,8H2,(H,20,22)(H,24,25)/t13?,16-/m1/s1. The lowest BCUT2D eigenvalue weighted by Crippen LogP contribution is -2.70. The highest BCUT2D eigenvalue weighted by molar-refractivity contribution is 8.00. The first-order chi connectivity index (χ1) is 12.4. The van der Waals surface area contributed by atoms with Crippen molar-refractivity contribution in [3.63, 3.8) is 0 Å². The molecule has 1 aromatic rings. The van der Waals surface area contributed by atoms with Crippen LogP contribution in [0.3, 0.4) is 0 Å². The lowest BCUT2D eigenvalue weighted by Gasteiger charge is -2.49. The predicted octanol–water partition coefficient (Wildman–Crippen LogP) is 2.29. The van der Waals surface area contributed by atoms with Crippen LogP contribution in [0.15, 0.2) is 52.2 Å². The van der Waals surface area contributed by atoms with Crippen LogP contribution in [0, 0.1) is 0 Å². The van der Waals surface area contributed by atoms with E-state index in [2.05, 4.69) is 5.32 Å². The highest BCUT2D eigenvalue weighted by Crippen LogP contribution is 2.41. The number of benzene rings is 1. The number of fused-ring (bicyclic) bond motifs is 1. The van der Waals surface area contributed by atoms with Gasteiger partial charge < -0.3 is 10.4 Å². The van der Waals surface area contributed by atoms with Crippen molar-refractivity contribution < 1.29 is 19.5 Å². The van der Waals surface area contributed by atoms with Crippen LogP contribution in [0.1, 0.15) is 5.56 Å². The van der Waals surface area contributed by atoms with Gasteiger partial charge in [-0.25, -0.2) is 4.79 Å². The maximum atomic E-state index is 12.4. The summed E-state index contributed by atoms with van der Waals surface area (Å²) in [5.74, 6) is -1.66. The quantitative estimate of drug-likeness (QED) is 0.724. The molecule has 136 valence electrons. The molecular weight excluding hydrogens is 399 g/mol. The summed E-state index contributed by atoms with van der Waals surface area (Å²) in [4.78, 5) is 37.4. The number of carbonyl (C=O) groups excluding carboxylic acids is 2. The molecule has 0 aromatic heterocycles. The fourth-order valence-corrected chi connectivity index (χ4v) is 4.46. The van der Waals surface area contributed by atoms with Crippen LogP contribution in [-0.2, 0) is 20.8 Å². The molecule has 2 heterocycles. The molecule has 2 N–H and O–H groups in total. The lowest BCUT2D eigenvalue weighted by molar-refractivity contribution is -0.150. The number of carboxylic acids is 1. The summed E-state index contributed by atoms with van der Waals surface area (Å²) < 4.78 is -0.0847. The molecule has 26 heavy (non-hydrogen) atoms. The molecule has 0 radical (unpaired) electrons. The Balaban J connectivity index is 1.73. The number of nitrogens with zero attached hydrogens (tertiary/aromatic N) is 1. The molecule has 2 amide bonds. The average Bonchev–Trinajstić information content (AvgIpc) is 2.59. The van der Waals surface area contributed by atoms with Gasteiger partial charge in [0.25, 0.3) is 5.91 Å². The van der Waals surface area contributed by atoms with Crippen LogP contribution in [0.5, 0.6) is 0 Å². The van der Waals surface area contributed by atoms with Crippen LogP contribution in [-0.4, -0.2) is 45.0 Å². The minimum atomic E-state index is -1.24. The number of allylic oxidation sites excluding steroid dienone is 1. The van der Waals surface area contributed by atoms with E-state index >= 15 is 0 Å². The normalized spacial score (nSPS) is 21.6. The van der Waals surface area contributed by atoms with Gasteiger partial charge in [0.15, 0.2) is 0 Å². The Bertz CT molecular complexity index is 821. The number of rotatable bonds is 5. The number of thioether (sulfide) groups is 1. The third kappa shape index (κ3) is 3.75. The van der Waals surface area contributed by atoms with Crippen molar-refractivity contribution in [3.05, 3.63) is 57.7 Å². The van der Waals surface area contributed by atoms with E-state index in [4.69, 9.17) is 23.2 Å². The van der Waals surface area contributed by atoms with E-state index < -0.39 is 23.3 Å². The second-order valence-electron chi connectivity index (χ2n) is 5.73. The van der Waals surface area contributed by atoms with Crippen LogP contribution < -0.4 is 5.32 Å². The number of hydrogen-bond acceptors (Lipinski definition) is 4. The van der Waals surface area contributed by atoms with Gasteiger partial charge in [-0.1, -0.05) is 53.5 Å². The maximum Gasteiger partial charge on any atom is 0.352 e. The lowest BCUT2D eigenvalue weighted by atomic mass is 10.0. The summed E-state index contributed by atoms with van der Waals surface area (Å²) in [5.41, 5.74) is 1.05. The smallest absolute Gasteiger partial charge is 0.352 e. The van der Waals surface area contributed by atoms with Gasteiger partial charge in [0, 0.05) is 5.75 Å². The minimum Gasteiger partial charge on any atom is -0.477 e. The number of carbonyl (C=O) groups is 3. The zero-order valence-electron chi connectivity index (χ0n) is 13.3. The van der Waals surface area contributed by atoms with Gasteiger partial charge in [0.2, 0.25) is 5.91 Å². The highest BCUT2D eigenvalue weighted by atomic mass is 35.5. The Morgan fingerprint density at radius 2 is 2.00 bits per heavy atom. The summed E-state index contributed by atoms with van der Waals surface area (Å²) in [6.45, 7) is 0. The molecule has 2 aliphatic heterocycles. The van der Waals surface area contributed by atoms with Crippen molar-refractivity contribution in [1.29, 1.82) is 0 Å². The van der Waals surface area contributed by atoms with E-state index in [0.29, 0.717) is 11.3 Å². The molecule has 3 rings (SSSR count). The van der Waals surface area contributed by atoms with Gasteiger partial charge in [-0.2, -0.15) is 0 Å². The summed E-state index contributed by atoms with van der Waals surface area (Å²) in [6.07, 6.45) is 1.48. The van der Waals surface area contributed by atoms with Crippen molar-refractivity contribution in [3.8, 4) is 0 Å². The largest absolute Gasteiger partial charge is 0.477 e. The third-order valence-corrected chi connectivity index (χ3v) is 5.53. The van der Waals surface area contributed by atoms with Crippen LogP contribution in [0.25, 0.3) is 0 Å². The highest BCUT2D eigenvalue weighted by Gasteiger charge is 2.53. The van der Waals surface area contributed by atoms with E-state index in [0.717, 1.165) is 5.56 Å². The van der Waals surface area contributed by atoms with E-state index in [-0.39, 0.29) is 22.5 Å². The van der Waals surface area contributed by atoms with Crippen molar-refractivity contribution >= 4 is 52.7 Å². The number of β-lactam (4-membered cyclic amide) rings is 1. The van der Waals surface area contributed by atoms with E-state index in [1.54, 1.807) is 0 Å². The molecule has 1 saturated heterocycles. The molecular formula is C17H14Cl2N2O4S. The fraction of sp³-hybridized carbons (Fsp3) is 0.235. The Morgan fingerprint density at radius 1 is 1.31 bits per heavy atom. The molecule has 1 unspecified atom stereocenters. The average molecular weight is 413 g/mol. The van der Waals surface area contributed by atoms with Crippen molar-refractivity contribution in [2.45, 2.75) is 17.8 Å². The summed E-state index contributed by atoms with van der Waals surface area (Å²) in [6, 6.07) is 8.41. The first kappa shape index (κ1) is 18.8. The number of aliphatic carboxylic acids is 1. The second kappa shape index (κ2) is 7.73. The number of nitrogens with one attached hydrogen (secondary N) is 1. The third-order valence-electron chi connectivity index (χ3n) is 4.01. The molecule has 1 fully saturated rings. The molecule has 9 heteroatoms. The number of carboxylic acid groups (broad SMARTS) is 1. The van der Waals surface area contributed by atoms with Crippen molar-refractivity contribution in [1.82, 2.24) is 10.2 Å². The van der Waals surface area contributed by atoms with Gasteiger partial charge in [0.1, 0.15) is 21.6 Å². The molecule has 0 saturated carbocycles. The Labute approximate surface area is 163 Å². The van der Waals surface area contributed by atoms with E-state index in [1.165, 1.54) is 22.7 Å². The molecule has 1 aromatic carbocycles. The number of amides is 2. The van der Waals surface area contributed by atoms with Gasteiger partial charge in [0.05, 0.1) is 6.42 Å². The maximum absolute atomic E-state index is 12.4. The number of halogens is 2. The minimum absolute atomic E-state index is 0.0847. The zero-order valence-corrected chi connectivity index (χ0v) is 15.6. The van der Waals surface area contributed by atoms with Crippen molar-refractivity contribution in [2.24, 2.45) is 0 Å². The van der Waals surface area contributed by atoms with Crippen LogP contribution in [0.4, 0.5) is 0 Å². The van der Waals surface area contributed by atoms with Crippen molar-refractivity contribution in [2.75, 3.05) is 5.75 Å². The van der Waals surface area contributed by atoms with Crippen LogP contribution in [0.2, 0.25) is 0 Å². The summed E-state index contributed by atoms with van der Waals surface area (Å²) in [7, 11) is 0. The fourth-order valence-electron chi connectivity index (χ4n) is 2.89. The Morgan fingerprint density at radius 3 is 2.62 bits per heavy atom. The molecule has 2 aliphatic rings. The van der Waals surface area contributed by atoms with Gasteiger partial charge >= 0.3 is 5.97 Å². The summed E-state index contributed by atoms with van der Waals surface area (Å²) in [5, 5.41) is 11.7. The Hall–Kier alpha value is -1.96. The molecule has 6 nitrogen and oxygen atoms in total. The SMILES string of the molecule is O=C(Cc1ccccc1)NC1C(=O)N2C(C(=O)O)=C(C=C(Cl)Cl)CS[C@H]12. The van der Waals surface area contributed by atoms with E-state index in [1.807, 2.05) is 30.3 Å². The van der Waals surface area contributed by atoms with Gasteiger partial charge in [-0.05, 0) is 17.2 Å². The van der Waals surface area contributed by atoms with Gasteiger partial charge in [-0.15, -0.1) is 11.8 Å². The number of hydrogen-bond donors (Lipinski definition) is 2. The van der Waals surface area contributed by atoms with Gasteiger partial charge in [-0.3, -0.25) is 14.5 Å². The monoisotopic (exact) mass is 412 g/mol. The molecule has 0 spiro atoms. The zero-order chi connectivity index (χ0) is 18.8. The Kier molecular flexibility index (Phi) is 5.60. The summed E-state index contributed by atoms with van der Waals surface area (Å²) >= 11 is 12.6. The van der Waals surface area contributed by atoms with Crippen LogP contribution >= 0.6 is 35.0 Å². The predicted molar refractivity (Wildman–Crippen MR) is 99.6 cm³/mol. The second-order valence-corrected chi connectivity index (χ2v) is 7.84. The first-order valence-corrected chi connectivity index (χ1v) is 9.46. The topological polar surface area (TPSA) is 86.7 Å². The first-order valence-electron chi connectivity index (χ1n) is 7.65. The molecule has 2 atom stereocenters. The molecule has 0 aliphatic carbocycles. The molecule has 0 bridgehead atoms.